The summed E-state index contributed by atoms with van der Waals surface area (Å²) < 4.78 is 0. The summed E-state index contributed by atoms with van der Waals surface area (Å²) >= 11 is 1.31. The number of thiazole rings is 1. The van der Waals surface area contributed by atoms with E-state index in [-0.39, 0.29) is 5.41 Å². The molecular formula is C17H20N2O3S. The van der Waals surface area contributed by atoms with Crippen LogP contribution in [-0.2, 0) is 10.2 Å². The first-order valence-corrected chi connectivity index (χ1v) is 8.08. The van der Waals surface area contributed by atoms with E-state index in [9.17, 15) is 14.7 Å². The highest BCUT2D eigenvalue weighted by Gasteiger charge is 2.27. The van der Waals surface area contributed by atoms with Crippen molar-refractivity contribution in [2.75, 3.05) is 0 Å². The van der Waals surface area contributed by atoms with Crippen molar-refractivity contribution >= 4 is 23.2 Å². The van der Waals surface area contributed by atoms with Gasteiger partial charge in [-0.1, -0.05) is 51.1 Å². The second kappa shape index (κ2) is 6.50. The van der Waals surface area contributed by atoms with E-state index in [2.05, 4.69) is 10.3 Å². The van der Waals surface area contributed by atoms with Crippen LogP contribution >= 0.6 is 11.3 Å². The number of nitrogens with zero attached hydrogens (tertiary/aromatic N) is 1. The Morgan fingerprint density at radius 1 is 1.22 bits per heavy atom. The summed E-state index contributed by atoms with van der Waals surface area (Å²) in [5.74, 6) is -1.51. The normalized spacial score (nSPS) is 12.7. The van der Waals surface area contributed by atoms with Gasteiger partial charge in [0, 0.05) is 5.41 Å². The van der Waals surface area contributed by atoms with Gasteiger partial charge in [0.05, 0.1) is 10.7 Å². The molecule has 0 fully saturated rings. The number of aliphatic carboxylic acids is 1. The molecule has 0 aliphatic rings. The molecule has 0 bridgehead atoms. The van der Waals surface area contributed by atoms with Crippen molar-refractivity contribution in [3.8, 4) is 0 Å². The van der Waals surface area contributed by atoms with E-state index in [1.807, 2.05) is 20.8 Å². The Morgan fingerprint density at radius 3 is 2.30 bits per heavy atom. The Kier molecular flexibility index (Phi) is 4.85. The number of carbonyl (C=O) groups excluding carboxylic acids is 1. The van der Waals surface area contributed by atoms with Crippen molar-refractivity contribution < 1.29 is 14.7 Å². The average molecular weight is 332 g/mol. The van der Waals surface area contributed by atoms with Crippen LogP contribution in [0.15, 0.2) is 30.3 Å². The maximum absolute atomic E-state index is 12.5. The second-order valence-corrected chi connectivity index (χ2v) is 7.34. The summed E-state index contributed by atoms with van der Waals surface area (Å²) in [5, 5.41) is 12.8. The molecule has 1 amide bonds. The third-order valence-corrected chi connectivity index (χ3v) is 4.88. The van der Waals surface area contributed by atoms with Crippen LogP contribution in [0, 0.1) is 6.92 Å². The van der Waals surface area contributed by atoms with Crippen molar-refractivity contribution in [3.05, 3.63) is 51.5 Å². The highest BCUT2D eigenvalue weighted by molar-refractivity contribution is 7.14. The van der Waals surface area contributed by atoms with Gasteiger partial charge in [-0.3, -0.25) is 4.79 Å². The first kappa shape index (κ1) is 17.1. The number of hydrogen-bond acceptors (Lipinski definition) is 4. The van der Waals surface area contributed by atoms with Gasteiger partial charge < -0.3 is 10.4 Å². The van der Waals surface area contributed by atoms with E-state index in [0.29, 0.717) is 16.1 Å². The minimum absolute atomic E-state index is 0.153. The van der Waals surface area contributed by atoms with E-state index in [4.69, 9.17) is 0 Å². The lowest BCUT2D eigenvalue weighted by Crippen LogP contribution is -2.33. The Bertz CT molecular complexity index is 717. The maximum Gasteiger partial charge on any atom is 0.330 e. The molecule has 2 N–H and O–H groups in total. The largest absolute Gasteiger partial charge is 0.479 e. The van der Waals surface area contributed by atoms with E-state index < -0.39 is 17.9 Å². The van der Waals surface area contributed by atoms with Crippen molar-refractivity contribution in [2.45, 2.75) is 39.2 Å². The van der Waals surface area contributed by atoms with Gasteiger partial charge in [0.15, 0.2) is 6.04 Å². The smallest absolute Gasteiger partial charge is 0.330 e. The topological polar surface area (TPSA) is 79.3 Å². The number of rotatable bonds is 4. The highest BCUT2D eigenvalue weighted by Crippen LogP contribution is 2.29. The molecule has 0 unspecified atom stereocenters. The van der Waals surface area contributed by atoms with Crippen molar-refractivity contribution in [1.29, 1.82) is 0 Å². The van der Waals surface area contributed by atoms with Crippen LogP contribution in [0.3, 0.4) is 0 Å². The molecule has 0 radical (unpaired) electrons. The molecule has 0 spiro atoms. The van der Waals surface area contributed by atoms with Gasteiger partial charge in [0.1, 0.15) is 4.88 Å². The Balaban J connectivity index is 2.27. The number of aromatic nitrogens is 1. The molecule has 23 heavy (non-hydrogen) atoms. The molecule has 0 aliphatic carbocycles. The Morgan fingerprint density at radius 2 is 1.83 bits per heavy atom. The molecule has 1 heterocycles. The predicted molar refractivity (Wildman–Crippen MR) is 89.8 cm³/mol. The third-order valence-electron chi connectivity index (χ3n) is 3.30. The van der Waals surface area contributed by atoms with Crippen LogP contribution in [0.4, 0.5) is 0 Å². The molecule has 1 aromatic heterocycles. The molecule has 0 aliphatic heterocycles. The summed E-state index contributed by atoms with van der Waals surface area (Å²) in [7, 11) is 0. The fraction of sp³-hybridized carbons (Fsp3) is 0.353. The fourth-order valence-electron chi connectivity index (χ4n) is 2.06. The lowest BCUT2D eigenvalue weighted by Gasteiger charge is -2.15. The molecule has 2 aromatic rings. The Hall–Kier alpha value is -2.21. The number of carbonyl (C=O) groups is 2. The van der Waals surface area contributed by atoms with E-state index >= 15 is 0 Å². The molecule has 122 valence electrons. The SMILES string of the molecule is Cc1nc(C(C)(C)C)sc1C(=O)N[C@@H](C(=O)O)c1ccccc1. The summed E-state index contributed by atoms with van der Waals surface area (Å²) in [5.41, 5.74) is 1.00. The quantitative estimate of drug-likeness (QED) is 0.900. The van der Waals surface area contributed by atoms with E-state index in [1.54, 1.807) is 37.3 Å². The summed E-state index contributed by atoms with van der Waals surface area (Å²) in [4.78, 5) is 28.9. The first-order valence-electron chi connectivity index (χ1n) is 7.26. The van der Waals surface area contributed by atoms with Crippen LogP contribution in [0.1, 0.15) is 52.7 Å². The average Bonchev–Trinajstić information content (AvgIpc) is 2.87. The number of benzene rings is 1. The molecule has 0 saturated heterocycles. The van der Waals surface area contributed by atoms with Gasteiger partial charge in [0.25, 0.3) is 5.91 Å². The zero-order valence-corrected chi connectivity index (χ0v) is 14.4. The van der Waals surface area contributed by atoms with Crippen molar-refractivity contribution in [1.82, 2.24) is 10.3 Å². The Labute approximate surface area is 139 Å². The molecule has 5 nitrogen and oxygen atoms in total. The predicted octanol–water partition coefficient (Wildman–Crippen LogP) is 3.30. The van der Waals surface area contributed by atoms with Crippen molar-refractivity contribution in [2.24, 2.45) is 0 Å². The summed E-state index contributed by atoms with van der Waals surface area (Å²) in [6, 6.07) is 7.56. The monoisotopic (exact) mass is 332 g/mol. The van der Waals surface area contributed by atoms with Crippen LogP contribution in [-0.4, -0.2) is 22.0 Å². The van der Waals surface area contributed by atoms with Gasteiger partial charge in [-0.25, -0.2) is 9.78 Å². The molecule has 0 saturated carbocycles. The van der Waals surface area contributed by atoms with E-state index in [0.717, 1.165) is 5.01 Å². The van der Waals surface area contributed by atoms with Gasteiger partial charge >= 0.3 is 5.97 Å². The van der Waals surface area contributed by atoms with E-state index in [1.165, 1.54) is 11.3 Å². The minimum atomic E-state index is -1.09. The van der Waals surface area contributed by atoms with Gasteiger partial charge in [-0.15, -0.1) is 11.3 Å². The lowest BCUT2D eigenvalue weighted by atomic mass is 9.98. The molecule has 6 heteroatoms. The maximum atomic E-state index is 12.5. The molecule has 2 rings (SSSR count). The highest BCUT2D eigenvalue weighted by atomic mass is 32.1. The van der Waals surface area contributed by atoms with Gasteiger partial charge in [-0.2, -0.15) is 0 Å². The number of hydrogen-bond donors (Lipinski definition) is 2. The van der Waals surface area contributed by atoms with Crippen LogP contribution in [0.25, 0.3) is 0 Å². The van der Waals surface area contributed by atoms with Crippen LogP contribution in [0.5, 0.6) is 0 Å². The molecular weight excluding hydrogens is 312 g/mol. The number of nitrogens with one attached hydrogen (secondary N) is 1. The summed E-state index contributed by atoms with van der Waals surface area (Å²) in [6.07, 6.45) is 0. The number of carboxylic acids is 1. The lowest BCUT2D eigenvalue weighted by molar-refractivity contribution is -0.139. The number of aryl methyl sites for hydroxylation is 1. The number of carboxylic acid groups (broad SMARTS) is 1. The zero-order valence-electron chi connectivity index (χ0n) is 13.6. The third kappa shape index (κ3) is 3.96. The van der Waals surface area contributed by atoms with Crippen molar-refractivity contribution in [3.63, 3.8) is 0 Å². The number of amides is 1. The first-order chi connectivity index (χ1) is 10.7. The molecule has 1 atom stereocenters. The van der Waals surface area contributed by atoms with Gasteiger partial charge in [-0.05, 0) is 12.5 Å². The minimum Gasteiger partial charge on any atom is -0.479 e. The van der Waals surface area contributed by atoms with Crippen LogP contribution < -0.4 is 5.32 Å². The van der Waals surface area contributed by atoms with Crippen LogP contribution in [0.2, 0.25) is 0 Å². The second-order valence-electron chi connectivity index (χ2n) is 6.34. The summed E-state index contributed by atoms with van der Waals surface area (Å²) in [6.45, 7) is 7.84. The molecule has 1 aromatic carbocycles. The standard InChI is InChI=1S/C17H20N2O3S/c1-10-13(23-16(18-10)17(2,3)4)14(20)19-12(15(21)22)11-8-6-5-7-9-11/h5-9,12H,1-4H3,(H,19,20)(H,21,22)/t12-/m1/s1. The fourth-order valence-corrected chi connectivity index (χ4v) is 3.08. The zero-order chi connectivity index (χ0) is 17.2. The van der Waals surface area contributed by atoms with Gasteiger partial charge in [0.2, 0.25) is 0 Å².